The number of sulfone groups is 1. The first-order chi connectivity index (χ1) is 8.36. The average molecular weight is 272 g/mol. The first-order valence-corrected chi connectivity index (χ1v) is 7.08. The highest BCUT2D eigenvalue weighted by atomic mass is 32.2. The number of hydrogen-bond acceptors (Lipinski definition) is 6. The minimum Gasteiger partial charge on any atom is -0.409 e. The molecule has 0 amide bonds. The van der Waals surface area contributed by atoms with Gasteiger partial charge in [-0.05, 0) is 12.1 Å². The van der Waals surface area contributed by atoms with E-state index in [9.17, 15) is 8.42 Å². The van der Waals surface area contributed by atoms with E-state index in [0.717, 1.165) is 6.26 Å². The van der Waals surface area contributed by atoms with Crippen LogP contribution >= 0.6 is 0 Å². The number of nitrogens with two attached hydrogens (primary N) is 1. The van der Waals surface area contributed by atoms with E-state index < -0.39 is 9.84 Å². The van der Waals surface area contributed by atoms with Gasteiger partial charge in [0.25, 0.3) is 0 Å². The summed E-state index contributed by atoms with van der Waals surface area (Å²) in [6, 6.07) is 3.06. The minimum atomic E-state index is -3.34. The molecule has 0 unspecified atom stereocenters. The summed E-state index contributed by atoms with van der Waals surface area (Å²) in [4.78, 5) is 5.86. The average Bonchev–Trinajstić information content (AvgIpc) is 2.34. The smallest absolute Gasteiger partial charge is 0.179 e. The lowest BCUT2D eigenvalue weighted by Crippen LogP contribution is -2.26. The van der Waals surface area contributed by atoms with Gasteiger partial charge in [-0.25, -0.2) is 13.4 Å². The van der Waals surface area contributed by atoms with Crippen molar-refractivity contribution < 1.29 is 13.6 Å². The number of nitrogens with zero attached hydrogens (tertiary/aromatic N) is 3. The summed E-state index contributed by atoms with van der Waals surface area (Å²) in [6.07, 6.45) is 2.96. The predicted molar refractivity (Wildman–Crippen MR) is 68.6 cm³/mol. The Labute approximate surface area is 106 Å². The minimum absolute atomic E-state index is 0.0821. The van der Waals surface area contributed by atoms with Crippen LogP contribution < -0.4 is 10.6 Å². The van der Waals surface area contributed by atoms with Crippen molar-refractivity contribution in [3.63, 3.8) is 0 Å². The topological polar surface area (TPSA) is 109 Å². The van der Waals surface area contributed by atoms with Crippen molar-refractivity contribution >= 4 is 21.5 Å². The highest BCUT2D eigenvalue weighted by Gasteiger charge is 2.16. The molecule has 3 N–H and O–H groups in total. The quantitative estimate of drug-likeness (QED) is 0.339. The summed E-state index contributed by atoms with van der Waals surface area (Å²) >= 11 is 0. The summed E-state index contributed by atoms with van der Waals surface area (Å²) in [5.74, 6) is 0.435. The van der Waals surface area contributed by atoms with Crippen molar-refractivity contribution in [3.05, 3.63) is 18.3 Å². The number of aromatic nitrogens is 1. The van der Waals surface area contributed by atoms with Gasteiger partial charge in [-0.1, -0.05) is 5.16 Å². The molecule has 0 aliphatic rings. The van der Waals surface area contributed by atoms with E-state index in [0.29, 0.717) is 18.8 Å². The summed E-state index contributed by atoms with van der Waals surface area (Å²) in [5, 5.41) is 11.3. The molecular formula is C10H16N4O3S. The van der Waals surface area contributed by atoms with Crippen LogP contribution in [-0.2, 0) is 9.84 Å². The molecule has 0 saturated heterocycles. The number of oxime groups is 1. The Balaban J connectivity index is 2.96. The predicted octanol–water partition coefficient (Wildman–Crippen LogP) is 0.0578. The van der Waals surface area contributed by atoms with Gasteiger partial charge in [0, 0.05) is 32.5 Å². The molecule has 1 aromatic heterocycles. The van der Waals surface area contributed by atoms with Crippen molar-refractivity contribution in [1.82, 2.24) is 4.98 Å². The molecule has 0 spiro atoms. The molecule has 0 radical (unpaired) electrons. The van der Waals surface area contributed by atoms with Crippen molar-refractivity contribution in [2.45, 2.75) is 11.3 Å². The fourth-order valence-electron chi connectivity index (χ4n) is 1.40. The van der Waals surface area contributed by atoms with Crippen LogP contribution in [0.4, 0.5) is 5.82 Å². The third-order valence-electron chi connectivity index (χ3n) is 2.34. The third-order valence-corrected chi connectivity index (χ3v) is 3.46. The van der Waals surface area contributed by atoms with Crippen LogP contribution in [0.2, 0.25) is 0 Å². The molecule has 0 aliphatic heterocycles. The van der Waals surface area contributed by atoms with E-state index in [2.05, 4.69) is 10.1 Å². The second kappa shape index (κ2) is 5.67. The summed E-state index contributed by atoms with van der Waals surface area (Å²) in [6.45, 7) is 0.398. The van der Waals surface area contributed by atoms with Crippen molar-refractivity contribution in [3.8, 4) is 0 Å². The molecule has 1 rings (SSSR count). The molecule has 7 nitrogen and oxygen atoms in total. The van der Waals surface area contributed by atoms with E-state index >= 15 is 0 Å². The highest BCUT2D eigenvalue weighted by molar-refractivity contribution is 7.90. The Morgan fingerprint density at radius 1 is 1.61 bits per heavy atom. The van der Waals surface area contributed by atoms with Gasteiger partial charge in [-0.15, -0.1) is 0 Å². The lowest BCUT2D eigenvalue weighted by Gasteiger charge is -2.19. The maximum atomic E-state index is 11.6. The van der Waals surface area contributed by atoms with Crippen LogP contribution in [-0.4, -0.2) is 44.3 Å². The second-order valence-corrected chi connectivity index (χ2v) is 5.84. The number of hydrogen-bond donors (Lipinski definition) is 2. The lowest BCUT2D eigenvalue weighted by atomic mass is 10.3. The van der Waals surface area contributed by atoms with E-state index in [1.807, 2.05) is 0 Å². The summed E-state index contributed by atoms with van der Waals surface area (Å²) < 4.78 is 23.2. The Bertz CT molecular complexity index is 542. The van der Waals surface area contributed by atoms with Crippen LogP contribution in [0, 0.1) is 0 Å². The standard InChI is InChI=1S/C10H16N4O3S/c1-14(7-5-9(11)13-15)10-8(18(2,16)17)4-3-6-12-10/h3-4,6,15H,5,7H2,1-2H3,(H2,11,13). The monoisotopic (exact) mass is 272 g/mol. The van der Waals surface area contributed by atoms with Gasteiger partial charge in [-0.3, -0.25) is 0 Å². The SMILES string of the molecule is CN(CC/C(N)=N/O)c1ncccc1S(C)(=O)=O. The zero-order chi connectivity index (χ0) is 13.8. The Kier molecular flexibility index (Phi) is 4.49. The van der Waals surface area contributed by atoms with Gasteiger partial charge in [0.05, 0.1) is 0 Å². The van der Waals surface area contributed by atoms with Crippen LogP contribution in [0.15, 0.2) is 28.4 Å². The normalized spacial score (nSPS) is 12.4. The largest absolute Gasteiger partial charge is 0.409 e. The van der Waals surface area contributed by atoms with Crippen molar-refractivity contribution in [2.75, 3.05) is 24.7 Å². The number of pyridine rings is 1. The maximum absolute atomic E-state index is 11.6. The second-order valence-electron chi connectivity index (χ2n) is 3.86. The first-order valence-electron chi connectivity index (χ1n) is 5.19. The zero-order valence-corrected chi connectivity index (χ0v) is 11.1. The lowest BCUT2D eigenvalue weighted by molar-refractivity contribution is 0.317. The molecule has 0 aliphatic carbocycles. The van der Waals surface area contributed by atoms with Gasteiger partial charge >= 0.3 is 0 Å². The Morgan fingerprint density at radius 3 is 2.83 bits per heavy atom. The van der Waals surface area contributed by atoms with Crippen molar-refractivity contribution in [2.24, 2.45) is 10.9 Å². The molecule has 0 atom stereocenters. The summed E-state index contributed by atoms with van der Waals surface area (Å²) in [5.41, 5.74) is 5.36. The Hall–Kier alpha value is -1.83. The fourth-order valence-corrected chi connectivity index (χ4v) is 2.26. The molecule has 0 saturated carbocycles. The fraction of sp³-hybridized carbons (Fsp3) is 0.400. The van der Waals surface area contributed by atoms with Crippen LogP contribution in [0.25, 0.3) is 0 Å². The first kappa shape index (κ1) is 14.2. The van der Waals surface area contributed by atoms with Gasteiger partial charge in [-0.2, -0.15) is 0 Å². The van der Waals surface area contributed by atoms with E-state index in [4.69, 9.17) is 10.9 Å². The van der Waals surface area contributed by atoms with Crippen LogP contribution in [0.1, 0.15) is 6.42 Å². The molecule has 8 heteroatoms. The van der Waals surface area contributed by atoms with Gasteiger partial charge in [0.1, 0.15) is 16.5 Å². The molecule has 0 fully saturated rings. The molecule has 1 heterocycles. The molecule has 0 bridgehead atoms. The Morgan fingerprint density at radius 2 is 2.28 bits per heavy atom. The number of anilines is 1. The zero-order valence-electron chi connectivity index (χ0n) is 10.2. The number of amidine groups is 1. The molecule has 1 aromatic rings. The third kappa shape index (κ3) is 3.59. The molecular weight excluding hydrogens is 256 g/mol. The number of rotatable bonds is 5. The van der Waals surface area contributed by atoms with Gasteiger partial charge in [0.15, 0.2) is 9.84 Å². The van der Waals surface area contributed by atoms with E-state index in [1.54, 1.807) is 18.0 Å². The molecule has 100 valence electrons. The van der Waals surface area contributed by atoms with Gasteiger partial charge < -0.3 is 15.8 Å². The van der Waals surface area contributed by atoms with Crippen LogP contribution in [0.5, 0.6) is 0 Å². The maximum Gasteiger partial charge on any atom is 0.179 e. The van der Waals surface area contributed by atoms with Gasteiger partial charge in [0.2, 0.25) is 0 Å². The highest BCUT2D eigenvalue weighted by Crippen LogP contribution is 2.20. The van der Waals surface area contributed by atoms with Crippen molar-refractivity contribution in [1.29, 1.82) is 0 Å². The molecule has 0 aromatic carbocycles. The van der Waals surface area contributed by atoms with E-state index in [1.165, 1.54) is 12.3 Å². The van der Waals surface area contributed by atoms with Crippen LogP contribution in [0.3, 0.4) is 0 Å². The van der Waals surface area contributed by atoms with E-state index in [-0.39, 0.29) is 10.7 Å². The summed E-state index contributed by atoms with van der Waals surface area (Å²) in [7, 11) is -1.64. The molecule has 18 heavy (non-hydrogen) atoms.